The molecule has 4 heterocycles. The van der Waals surface area contributed by atoms with E-state index in [-0.39, 0.29) is 23.3 Å². The van der Waals surface area contributed by atoms with E-state index in [1.807, 2.05) is 22.6 Å². The minimum Gasteiger partial charge on any atom is -0.345 e. The van der Waals surface area contributed by atoms with E-state index in [1.54, 1.807) is 6.33 Å². The van der Waals surface area contributed by atoms with Crippen LogP contribution in [0.15, 0.2) is 18.7 Å². The third kappa shape index (κ3) is 2.72. The molecule has 1 N–H and O–H groups in total. The second-order valence-electron chi connectivity index (χ2n) is 8.15. The molecule has 8 nitrogen and oxygen atoms in total. The molecule has 1 spiro atoms. The van der Waals surface area contributed by atoms with Crippen molar-refractivity contribution in [1.82, 2.24) is 34.8 Å². The average Bonchev–Trinajstić information content (AvgIpc) is 3.03. The molecule has 1 saturated heterocycles. The summed E-state index contributed by atoms with van der Waals surface area (Å²) in [6.07, 6.45) is 9.78. The minimum absolute atomic E-state index is 0.0363. The van der Waals surface area contributed by atoms with E-state index in [4.69, 9.17) is 0 Å². The highest BCUT2D eigenvalue weighted by Gasteiger charge is 2.50. The molecule has 138 valence electrons. The Morgan fingerprint density at radius 2 is 2.15 bits per heavy atom. The molecule has 0 radical (unpaired) electrons. The van der Waals surface area contributed by atoms with Crippen LogP contribution in [0.2, 0.25) is 0 Å². The van der Waals surface area contributed by atoms with Gasteiger partial charge in [-0.25, -0.2) is 9.67 Å². The number of hydrogen-bond acceptors (Lipinski definition) is 5. The molecule has 2 atom stereocenters. The molecule has 5 rings (SSSR count). The van der Waals surface area contributed by atoms with Gasteiger partial charge in [-0.1, -0.05) is 0 Å². The summed E-state index contributed by atoms with van der Waals surface area (Å²) in [5, 5.41) is 12.0. The number of rotatable bonds is 4. The Morgan fingerprint density at radius 3 is 2.92 bits per heavy atom. The lowest BCUT2D eigenvalue weighted by Crippen LogP contribution is -2.47. The van der Waals surface area contributed by atoms with Crippen molar-refractivity contribution in [2.45, 2.75) is 44.8 Å². The SMILES string of the molecule is Cn1cc(CN2CCC3(CCn4ncnc4C3NC(=O)C3CC3)C2)cn1. The van der Waals surface area contributed by atoms with Crippen LogP contribution in [0.1, 0.15) is 43.1 Å². The number of aryl methyl sites for hydroxylation is 2. The zero-order chi connectivity index (χ0) is 17.7. The fraction of sp³-hybridized carbons (Fsp3) is 0.667. The molecule has 1 aliphatic carbocycles. The summed E-state index contributed by atoms with van der Waals surface area (Å²) in [6.45, 7) is 3.81. The Hall–Kier alpha value is -2.22. The highest BCUT2D eigenvalue weighted by atomic mass is 16.2. The first-order chi connectivity index (χ1) is 12.6. The van der Waals surface area contributed by atoms with Gasteiger partial charge in [0.25, 0.3) is 0 Å². The Labute approximate surface area is 152 Å². The number of nitrogens with zero attached hydrogens (tertiary/aromatic N) is 6. The maximum Gasteiger partial charge on any atom is 0.223 e. The van der Waals surface area contributed by atoms with Crippen molar-refractivity contribution < 1.29 is 4.79 Å². The minimum atomic E-state index is -0.0363. The summed E-state index contributed by atoms with van der Waals surface area (Å²) < 4.78 is 3.82. The van der Waals surface area contributed by atoms with Crippen LogP contribution in [0.4, 0.5) is 0 Å². The quantitative estimate of drug-likeness (QED) is 0.880. The molecule has 8 heteroatoms. The van der Waals surface area contributed by atoms with Crippen molar-refractivity contribution in [1.29, 1.82) is 0 Å². The van der Waals surface area contributed by atoms with E-state index in [1.165, 1.54) is 5.56 Å². The highest BCUT2D eigenvalue weighted by molar-refractivity contribution is 5.81. The van der Waals surface area contributed by atoms with Gasteiger partial charge in [0.2, 0.25) is 5.91 Å². The third-order valence-electron chi connectivity index (χ3n) is 6.20. The largest absolute Gasteiger partial charge is 0.345 e. The molecule has 3 aliphatic rings. The number of nitrogens with one attached hydrogen (secondary N) is 1. The second kappa shape index (κ2) is 5.90. The molecule has 1 saturated carbocycles. The molecular formula is C18H25N7O. The Bertz CT molecular complexity index is 823. The van der Waals surface area contributed by atoms with Crippen LogP contribution in [0.25, 0.3) is 0 Å². The van der Waals surface area contributed by atoms with Gasteiger partial charge in [0.1, 0.15) is 12.2 Å². The van der Waals surface area contributed by atoms with E-state index in [9.17, 15) is 4.79 Å². The summed E-state index contributed by atoms with van der Waals surface area (Å²) >= 11 is 0. The molecule has 2 aliphatic heterocycles. The average molecular weight is 355 g/mol. The van der Waals surface area contributed by atoms with Gasteiger partial charge in [0, 0.05) is 49.8 Å². The Kier molecular flexibility index (Phi) is 3.63. The maximum absolute atomic E-state index is 12.5. The molecule has 0 aromatic carbocycles. The first-order valence-corrected chi connectivity index (χ1v) is 9.51. The predicted molar refractivity (Wildman–Crippen MR) is 93.8 cm³/mol. The van der Waals surface area contributed by atoms with Crippen LogP contribution in [0, 0.1) is 11.3 Å². The van der Waals surface area contributed by atoms with Crippen LogP contribution in [0.3, 0.4) is 0 Å². The second-order valence-corrected chi connectivity index (χ2v) is 8.15. The fourth-order valence-corrected chi connectivity index (χ4v) is 4.61. The van der Waals surface area contributed by atoms with Crippen LogP contribution in [-0.2, 0) is 24.9 Å². The molecule has 26 heavy (non-hydrogen) atoms. The van der Waals surface area contributed by atoms with E-state index in [0.717, 1.165) is 57.7 Å². The van der Waals surface area contributed by atoms with Crippen molar-refractivity contribution in [2.24, 2.45) is 18.4 Å². The molecular weight excluding hydrogens is 330 g/mol. The van der Waals surface area contributed by atoms with Crippen molar-refractivity contribution in [3.05, 3.63) is 30.1 Å². The van der Waals surface area contributed by atoms with Gasteiger partial charge in [0.05, 0.1) is 12.2 Å². The van der Waals surface area contributed by atoms with E-state index < -0.39 is 0 Å². The normalized spacial score (nSPS) is 28.4. The van der Waals surface area contributed by atoms with Crippen LogP contribution in [0.5, 0.6) is 0 Å². The molecule has 0 bridgehead atoms. The summed E-state index contributed by atoms with van der Waals surface area (Å²) in [5.74, 6) is 1.32. The van der Waals surface area contributed by atoms with Crippen molar-refractivity contribution in [3.63, 3.8) is 0 Å². The van der Waals surface area contributed by atoms with Crippen molar-refractivity contribution >= 4 is 5.91 Å². The third-order valence-corrected chi connectivity index (χ3v) is 6.20. The number of carbonyl (C=O) groups excluding carboxylic acids is 1. The van der Waals surface area contributed by atoms with Gasteiger partial charge in [-0.2, -0.15) is 10.2 Å². The summed E-state index contributed by atoms with van der Waals surface area (Å²) in [4.78, 5) is 19.5. The van der Waals surface area contributed by atoms with Crippen molar-refractivity contribution in [2.75, 3.05) is 13.1 Å². The Balaban J connectivity index is 1.38. The number of aromatic nitrogens is 5. The lowest BCUT2D eigenvalue weighted by atomic mass is 9.74. The van der Waals surface area contributed by atoms with E-state index >= 15 is 0 Å². The molecule has 1 amide bonds. The van der Waals surface area contributed by atoms with Gasteiger partial charge in [-0.3, -0.25) is 14.4 Å². The topological polar surface area (TPSA) is 80.9 Å². The lowest BCUT2D eigenvalue weighted by Gasteiger charge is -2.41. The summed E-state index contributed by atoms with van der Waals surface area (Å²) in [6, 6.07) is -0.0363. The zero-order valence-corrected chi connectivity index (χ0v) is 15.1. The standard InChI is InChI=1S/C18H25N7O/c1-23-9-13(8-20-23)10-24-6-4-18(11-24)5-7-25-16(19-12-21-25)15(18)22-17(26)14-2-3-14/h8-9,12,14-15H,2-7,10-11H2,1H3,(H,22,26). The van der Waals surface area contributed by atoms with Crippen LogP contribution in [-0.4, -0.2) is 48.4 Å². The molecule has 2 aromatic heterocycles. The van der Waals surface area contributed by atoms with Gasteiger partial charge in [-0.15, -0.1) is 0 Å². The van der Waals surface area contributed by atoms with Gasteiger partial charge >= 0.3 is 0 Å². The van der Waals surface area contributed by atoms with Crippen LogP contribution >= 0.6 is 0 Å². The zero-order valence-electron chi connectivity index (χ0n) is 15.1. The smallest absolute Gasteiger partial charge is 0.223 e. The van der Waals surface area contributed by atoms with Crippen molar-refractivity contribution in [3.8, 4) is 0 Å². The first kappa shape index (κ1) is 16.0. The number of carbonyl (C=O) groups is 1. The lowest BCUT2D eigenvalue weighted by molar-refractivity contribution is -0.124. The molecule has 2 fully saturated rings. The maximum atomic E-state index is 12.5. The number of fused-ring (bicyclic) bond motifs is 1. The molecule has 2 aromatic rings. The Morgan fingerprint density at radius 1 is 1.31 bits per heavy atom. The first-order valence-electron chi connectivity index (χ1n) is 9.51. The van der Waals surface area contributed by atoms with Gasteiger partial charge < -0.3 is 5.32 Å². The summed E-state index contributed by atoms with van der Waals surface area (Å²) in [5.41, 5.74) is 1.29. The predicted octanol–water partition coefficient (Wildman–Crippen LogP) is 0.875. The summed E-state index contributed by atoms with van der Waals surface area (Å²) in [7, 11) is 1.95. The van der Waals surface area contributed by atoms with Gasteiger partial charge in [0.15, 0.2) is 0 Å². The van der Waals surface area contributed by atoms with Crippen LogP contribution < -0.4 is 5.32 Å². The fourth-order valence-electron chi connectivity index (χ4n) is 4.61. The molecule has 2 unspecified atom stereocenters. The highest BCUT2D eigenvalue weighted by Crippen LogP contribution is 2.48. The number of likely N-dealkylation sites (tertiary alicyclic amines) is 1. The number of hydrogen-bond donors (Lipinski definition) is 1. The van der Waals surface area contributed by atoms with E-state index in [2.05, 4.69) is 31.6 Å². The number of amides is 1. The van der Waals surface area contributed by atoms with Gasteiger partial charge in [-0.05, 0) is 32.2 Å². The monoisotopic (exact) mass is 355 g/mol. The van der Waals surface area contributed by atoms with E-state index in [0.29, 0.717) is 0 Å².